The van der Waals surface area contributed by atoms with Gasteiger partial charge < -0.3 is 5.32 Å². The van der Waals surface area contributed by atoms with Crippen molar-refractivity contribution in [3.63, 3.8) is 0 Å². The second-order valence-electron chi connectivity index (χ2n) is 5.89. The average molecular weight is 282 g/mol. The zero-order valence-corrected chi connectivity index (χ0v) is 12.9. The molecule has 1 heterocycles. The Labute approximate surface area is 121 Å². The highest BCUT2D eigenvalue weighted by Gasteiger charge is 2.26. The molecule has 0 radical (unpaired) electrons. The van der Waals surface area contributed by atoms with Gasteiger partial charge in [-0.2, -0.15) is 0 Å². The summed E-state index contributed by atoms with van der Waals surface area (Å²) in [6.07, 6.45) is 7.34. The fourth-order valence-electron chi connectivity index (χ4n) is 3.04. The molecule has 0 aromatic carbocycles. The number of hydrogen-bond acceptors (Lipinski definition) is 3. The second kappa shape index (κ2) is 6.56. The number of nitrogens with zero attached hydrogens (tertiary/aromatic N) is 2. The van der Waals surface area contributed by atoms with E-state index in [2.05, 4.69) is 36.1 Å². The number of hydrogen-bond donors (Lipinski definition) is 1. The van der Waals surface area contributed by atoms with Gasteiger partial charge in [-0.1, -0.05) is 38.8 Å². The number of rotatable bonds is 4. The summed E-state index contributed by atoms with van der Waals surface area (Å²) in [6.45, 7) is 6.82. The minimum atomic E-state index is 0.512. The lowest BCUT2D eigenvalue weighted by Gasteiger charge is -2.34. The van der Waals surface area contributed by atoms with Crippen LogP contribution in [0.5, 0.6) is 0 Å². The Balaban J connectivity index is 2.12. The average Bonchev–Trinajstić information content (AvgIpc) is 2.37. The maximum atomic E-state index is 6.19. The first-order valence-electron chi connectivity index (χ1n) is 7.37. The summed E-state index contributed by atoms with van der Waals surface area (Å²) in [5.41, 5.74) is 1.07. The van der Waals surface area contributed by atoms with E-state index in [-0.39, 0.29) is 0 Å². The number of anilines is 1. The molecule has 1 aromatic rings. The Morgan fingerprint density at radius 2 is 2.11 bits per heavy atom. The van der Waals surface area contributed by atoms with Crippen LogP contribution in [-0.2, 0) is 6.42 Å². The van der Waals surface area contributed by atoms with Gasteiger partial charge in [-0.15, -0.1) is 0 Å². The molecule has 1 fully saturated rings. The van der Waals surface area contributed by atoms with Gasteiger partial charge in [-0.25, -0.2) is 9.97 Å². The van der Waals surface area contributed by atoms with Crippen molar-refractivity contribution in [3.05, 3.63) is 17.0 Å². The van der Waals surface area contributed by atoms with Gasteiger partial charge in [0.2, 0.25) is 0 Å². The summed E-state index contributed by atoms with van der Waals surface area (Å²) in [6, 6.07) is 0.512. The molecule has 1 saturated carbocycles. The van der Waals surface area contributed by atoms with Crippen molar-refractivity contribution in [2.24, 2.45) is 11.8 Å². The molecule has 1 aromatic heterocycles. The van der Waals surface area contributed by atoms with Gasteiger partial charge in [-0.05, 0) is 37.5 Å². The van der Waals surface area contributed by atoms with Crippen molar-refractivity contribution in [2.45, 2.75) is 58.9 Å². The maximum Gasteiger partial charge on any atom is 0.137 e. The predicted molar refractivity (Wildman–Crippen MR) is 80.6 cm³/mol. The highest BCUT2D eigenvalue weighted by atomic mass is 35.5. The Bertz CT molecular complexity index is 422. The van der Waals surface area contributed by atoms with E-state index in [1.54, 1.807) is 6.33 Å². The smallest absolute Gasteiger partial charge is 0.137 e. The van der Waals surface area contributed by atoms with Crippen LogP contribution in [0.15, 0.2) is 6.33 Å². The van der Waals surface area contributed by atoms with Crippen molar-refractivity contribution in [2.75, 3.05) is 5.32 Å². The van der Waals surface area contributed by atoms with E-state index in [9.17, 15) is 0 Å². The second-order valence-corrected chi connectivity index (χ2v) is 6.25. The highest BCUT2D eigenvalue weighted by molar-refractivity contribution is 6.30. The fourth-order valence-corrected chi connectivity index (χ4v) is 3.27. The fraction of sp³-hybridized carbons (Fsp3) is 0.733. The first-order chi connectivity index (χ1) is 9.11. The molecule has 0 bridgehead atoms. The number of halogens is 1. The van der Waals surface area contributed by atoms with Crippen LogP contribution in [0.2, 0.25) is 5.15 Å². The maximum absolute atomic E-state index is 6.19. The van der Waals surface area contributed by atoms with Crippen LogP contribution in [0.25, 0.3) is 0 Å². The monoisotopic (exact) mass is 281 g/mol. The first-order valence-corrected chi connectivity index (χ1v) is 7.75. The standard InChI is InChI=1S/C15H24ClN3/c1-4-5-12-14(16)17-9-18-15(12)19-13-7-6-10(2)8-11(13)3/h9-11,13H,4-8H2,1-3H3,(H,17,18,19). The molecule has 0 spiro atoms. The number of nitrogens with one attached hydrogen (secondary N) is 1. The largest absolute Gasteiger partial charge is 0.367 e. The van der Waals surface area contributed by atoms with Crippen molar-refractivity contribution in [1.29, 1.82) is 0 Å². The van der Waals surface area contributed by atoms with E-state index in [4.69, 9.17) is 11.6 Å². The van der Waals surface area contributed by atoms with Crippen molar-refractivity contribution < 1.29 is 0 Å². The van der Waals surface area contributed by atoms with E-state index in [0.717, 1.165) is 30.1 Å². The molecule has 2 rings (SSSR count). The molecular formula is C15H24ClN3. The molecule has 3 nitrogen and oxygen atoms in total. The summed E-state index contributed by atoms with van der Waals surface area (Å²) >= 11 is 6.19. The van der Waals surface area contributed by atoms with Crippen LogP contribution in [-0.4, -0.2) is 16.0 Å². The molecule has 3 unspecified atom stereocenters. The Hall–Kier alpha value is -0.830. The molecule has 0 aliphatic heterocycles. The van der Waals surface area contributed by atoms with Gasteiger partial charge in [0.15, 0.2) is 0 Å². The van der Waals surface area contributed by atoms with Crippen LogP contribution < -0.4 is 5.32 Å². The molecule has 0 saturated heterocycles. The zero-order valence-electron chi connectivity index (χ0n) is 12.1. The number of aromatic nitrogens is 2. The van der Waals surface area contributed by atoms with Crippen LogP contribution in [0, 0.1) is 11.8 Å². The molecule has 0 amide bonds. The molecule has 3 atom stereocenters. The molecule has 1 aliphatic carbocycles. The summed E-state index contributed by atoms with van der Waals surface area (Å²) < 4.78 is 0. The van der Waals surface area contributed by atoms with Crippen molar-refractivity contribution in [1.82, 2.24) is 9.97 Å². The van der Waals surface area contributed by atoms with Crippen LogP contribution in [0.3, 0.4) is 0 Å². The third kappa shape index (κ3) is 3.59. The van der Waals surface area contributed by atoms with Crippen molar-refractivity contribution >= 4 is 17.4 Å². The minimum Gasteiger partial charge on any atom is -0.367 e. The summed E-state index contributed by atoms with van der Waals surface area (Å²) in [5, 5.41) is 4.20. The van der Waals surface area contributed by atoms with Gasteiger partial charge in [-0.3, -0.25) is 0 Å². The Morgan fingerprint density at radius 1 is 1.32 bits per heavy atom. The van der Waals surface area contributed by atoms with E-state index < -0.39 is 0 Å². The Kier molecular flexibility index (Phi) is 5.03. The normalized spacial score (nSPS) is 27.3. The lowest BCUT2D eigenvalue weighted by atomic mass is 9.80. The Morgan fingerprint density at radius 3 is 2.79 bits per heavy atom. The van der Waals surface area contributed by atoms with E-state index >= 15 is 0 Å². The third-order valence-corrected chi connectivity index (χ3v) is 4.47. The van der Waals surface area contributed by atoms with E-state index in [0.29, 0.717) is 17.1 Å². The third-order valence-electron chi connectivity index (χ3n) is 4.15. The van der Waals surface area contributed by atoms with Gasteiger partial charge in [0.05, 0.1) is 0 Å². The van der Waals surface area contributed by atoms with Gasteiger partial charge >= 0.3 is 0 Å². The molecule has 1 N–H and O–H groups in total. The van der Waals surface area contributed by atoms with Crippen molar-refractivity contribution in [3.8, 4) is 0 Å². The molecule has 4 heteroatoms. The molecule has 1 aliphatic rings. The van der Waals surface area contributed by atoms with Crippen LogP contribution in [0.1, 0.15) is 52.0 Å². The van der Waals surface area contributed by atoms with Gasteiger partial charge in [0, 0.05) is 11.6 Å². The molecule has 19 heavy (non-hydrogen) atoms. The summed E-state index contributed by atoms with van der Waals surface area (Å²) in [4.78, 5) is 8.50. The zero-order chi connectivity index (χ0) is 13.8. The predicted octanol–water partition coefficient (Wildman–Crippen LogP) is 4.32. The van der Waals surface area contributed by atoms with Gasteiger partial charge in [0.25, 0.3) is 0 Å². The minimum absolute atomic E-state index is 0.512. The highest BCUT2D eigenvalue weighted by Crippen LogP contribution is 2.32. The lowest BCUT2D eigenvalue weighted by Crippen LogP contribution is -2.33. The van der Waals surface area contributed by atoms with Crippen LogP contribution in [0.4, 0.5) is 5.82 Å². The molecule has 106 valence electrons. The van der Waals surface area contributed by atoms with Crippen LogP contribution >= 0.6 is 11.6 Å². The van der Waals surface area contributed by atoms with E-state index in [1.807, 2.05) is 0 Å². The molecular weight excluding hydrogens is 258 g/mol. The topological polar surface area (TPSA) is 37.8 Å². The quantitative estimate of drug-likeness (QED) is 0.835. The lowest BCUT2D eigenvalue weighted by molar-refractivity contribution is 0.276. The summed E-state index contributed by atoms with van der Waals surface area (Å²) in [5.74, 6) is 2.47. The first kappa shape index (κ1) is 14.6. The SMILES string of the molecule is CCCc1c(Cl)ncnc1NC1CCC(C)CC1C. The van der Waals surface area contributed by atoms with E-state index in [1.165, 1.54) is 19.3 Å². The summed E-state index contributed by atoms with van der Waals surface area (Å²) in [7, 11) is 0. The van der Waals surface area contributed by atoms with Gasteiger partial charge in [0.1, 0.15) is 17.3 Å².